The van der Waals surface area contributed by atoms with Gasteiger partial charge in [0.2, 0.25) is 0 Å². The Morgan fingerprint density at radius 1 is 1.13 bits per heavy atom. The fourth-order valence-electron chi connectivity index (χ4n) is 4.18. The van der Waals surface area contributed by atoms with E-state index in [1.165, 1.54) is 23.6 Å². The van der Waals surface area contributed by atoms with Crippen LogP contribution in [-0.4, -0.2) is 33.5 Å². The highest BCUT2D eigenvalue weighted by Crippen LogP contribution is 2.39. The summed E-state index contributed by atoms with van der Waals surface area (Å²) in [6.07, 6.45) is 4.93. The van der Waals surface area contributed by atoms with Gasteiger partial charge in [-0.25, -0.2) is 8.42 Å². The first kappa shape index (κ1) is 22.0. The third-order valence-corrected chi connectivity index (χ3v) is 8.01. The lowest BCUT2D eigenvalue weighted by Gasteiger charge is -2.35. The lowest BCUT2D eigenvalue weighted by atomic mass is 9.89. The number of hydrogen-bond donors (Lipinski definition) is 1. The minimum Gasteiger partial charge on any atom is -0.476 e. The number of aryl methyl sites for hydroxylation is 1. The van der Waals surface area contributed by atoms with E-state index in [2.05, 4.69) is 5.32 Å². The van der Waals surface area contributed by atoms with Crippen LogP contribution in [0.1, 0.15) is 37.7 Å². The molecule has 4 rings (SSSR count). The van der Waals surface area contributed by atoms with Crippen LogP contribution in [0.2, 0.25) is 5.02 Å². The van der Waals surface area contributed by atoms with E-state index in [4.69, 9.17) is 16.3 Å². The van der Waals surface area contributed by atoms with Gasteiger partial charge in [0.05, 0.1) is 17.1 Å². The second-order valence-electron chi connectivity index (χ2n) is 8.32. The van der Waals surface area contributed by atoms with Gasteiger partial charge in [-0.1, -0.05) is 48.6 Å². The van der Waals surface area contributed by atoms with Crippen molar-refractivity contribution in [2.45, 2.75) is 50.0 Å². The number of nitrogens with one attached hydrogen (secondary N) is 1. The largest absolute Gasteiger partial charge is 0.476 e. The van der Waals surface area contributed by atoms with Crippen LogP contribution in [0.25, 0.3) is 0 Å². The Kier molecular flexibility index (Phi) is 6.44. The maximum absolute atomic E-state index is 13.4. The molecule has 0 radical (unpaired) electrons. The second-order valence-corrected chi connectivity index (χ2v) is 10.6. The van der Waals surface area contributed by atoms with Gasteiger partial charge in [-0.15, -0.1) is 0 Å². The van der Waals surface area contributed by atoms with Crippen LogP contribution in [0.3, 0.4) is 0 Å². The van der Waals surface area contributed by atoms with Crippen LogP contribution >= 0.6 is 11.6 Å². The van der Waals surface area contributed by atoms with E-state index < -0.39 is 16.1 Å². The normalized spacial score (nSPS) is 19.4. The number of halogens is 1. The molecule has 2 aliphatic rings. The second kappa shape index (κ2) is 9.09. The Hall–Kier alpha value is -2.25. The summed E-state index contributed by atoms with van der Waals surface area (Å²) in [6.45, 7) is 2.38. The van der Waals surface area contributed by atoms with Gasteiger partial charge in [-0.2, -0.15) is 0 Å². The lowest BCUT2D eigenvalue weighted by molar-refractivity contribution is -0.128. The van der Waals surface area contributed by atoms with Crippen molar-refractivity contribution < 1.29 is 17.9 Å². The summed E-state index contributed by atoms with van der Waals surface area (Å²) < 4.78 is 34.0. The van der Waals surface area contributed by atoms with Crippen molar-refractivity contribution in [2.75, 3.05) is 17.4 Å². The molecule has 1 saturated carbocycles. The SMILES string of the molecule is Cc1ccc(S(=O)(=O)N2CC(C(=O)NCC3CCCCC3)Oc3ccc(Cl)cc32)cc1. The molecule has 2 aromatic carbocycles. The maximum Gasteiger partial charge on any atom is 0.264 e. The van der Waals surface area contributed by atoms with E-state index in [1.807, 2.05) is 6.92 Å². The van der Waals surface area contributed by atoms with Crippen LogP contribution in [0, 0.1) is 12.8 Å². The number of anilines is 1. The molecule has 1 aliphatic heterocycles. The van der Waals surface area contributed by atoms with Crippen molar-refractivity contribution in [1.82, 2.24) is 5.32 Å². The van der Waals surface area contributed by atoms with Gasteiger partial charge in [0.15, 0.2) is 6.10 Å². The zero-order valence-corrected chi connectivity index (χ0v) is 19.1. The van der Waals surface area contributed by atoms with Crippen molar-refractivity contribution in [3.8, 4) is 5.75 Å². The molecule has 1 unspecified atom stereocenters. The molecule has 0 bridgehead atoms. The number of nitrogens with zero attached hydrogens (tertiary/aromatic N) is 1. The zero-order chi connectivity index (χ0) is 22.0. The molecular weight excluding hydrogens is 436 g/mol. The fraction of sp³-hybridized carbons (Fsp3) is 0.435. The number of hydrogen-bond acceptors (Lipinski definition) is 4. The fourth-order valence-corrected chi connectivity index (χ4v) is 5.81. The van der Waals surface area contributed by atoms with Crippen LogP contribution < -0.4 is 14.4 Å². The summed E-state index contributed by atoms with van der Waals surface area (Å²) in [6, 6.07) is 11.4. The lowest BCUT2D eigenvalue weighted by Crippen LogP contribution is -2.51. The third-order valence-electron chi connectivity index (χ3n) is 5.98. The van der Waals surface area contributed by atoms with Crippen molar-refractivity contribution in [3.63, 3.8) is 0 Å². The number of amides is 1. The number of carbonyl (C=O) groups is 1. The van der Waals surface area contributed by atoms with Gasteiger partial charge in [-0.3, -0.25) is 9.10 Å². The molecule has 1 heterocycles. The first-order valence-electron chi connectivity index (χ1n) is 10.7. The summed E-state index contributed by atoms with van der Waals surface area (Å²) in [7, 11) is -3.90. The highest BCUT2D eigenvalue weighted by atomic mass is 35.5. The zero-order valence-electron chi connectivity index (χ0n) is 17.5. The molecule has 6 nitrogen and oxygen atoms in total. The minimum absolute atomic E-state index is 0.111. The van der Waals surface area contributed by atoms with Gasteiger partial charge < -0.3 is 10.1 Å². The van der Waals surface area contributed by atoms with Crippen LogP contribution in [0.4, 0.5) is 5.69 Å². The molecule has 2 aromatic rings. The Balaban J connectivity index is 1.59. The van der Waals surface area contributed by atoms with Crippen molar-refractivity contribution in [3.05, 3.63) is 53.1 Å². The molecule has 0 spiro atoms. The Labute approximate surface area is 188 Å². The van der Waals surface area contributed by atoms with E-state index in [-0.39, 0.29) is 17.3 Å². The van der Waals surface area contributed by atoms with Gasteiger partial charge in [0.1, 0.15) is 5.75 Å². The van der Waals surface area contributed by atoms with E-state index in [0.717, 1.165) is 18.4 Å². The van der Waals surface area contributed by atoms with Crippen molar-refractivity contribution >= 4 is 33.2 Å². The average Bonchev–Trinajstić information content (AvgIpc) is 2.77. The Bertz CT molecular complexity index is 1050. The number of benzene rings is 2. The van der Waals surface area contributed by atoms with Gasteiger partial charge >= 0.3 is 0 Å². The van der Waals surface area contributed by atoms with Gasteiger partial charge in [-0.05, 0) is 56.0 Å². The van der Waals surface area contributed by atoms with Gasteiger partial charge in [0.25, 0.3) is 15.9 Å². The molecule has 1 amide bonds. The van der Waals surface area contributed by atoms with Gasteiger partial charge in [0, 0.05) is 11.6 Å². The predicted octanol–water partition coefficient (Wildman–Crippen LogP) is 4.30. The average molecular weight is 463 g/mol. The first-order valence-corrected chi connectivity index (χ1v) is 12.5. The molecule has 1 N–H and O–H groups in total. The predicted molar refractivity (Wildman–Crippen MR) is 121 cm³/mol. The maximum atomic E-state index is 13.4. The molecule has 0 aromatic heterocycles. The summed E-state index contributed by atoms with van der Waals surface area (Å²) >= 11 is 6.14. The monoisotopic (exact) mass is 462 g/mol. The molecule has 31 heavy (non-hydrogen) atoms. The number of sulfonamides is 1. The van der Waals surface area contributed by atoms with Crippen LogP contribution in [-0.2, 0) is 14.8 Å². The summed E-state index contributed by atoms with van der Waals surface area (Å²) in [5.74, 6) is 0.499. The van der Waals surface area contributed by atoms with E-state index >= 15 is 0 Å². The molecule has 8 heteroatoms. The molecular formula is C23H27ClN2O4S. The van der Waals surface area contributed by atoms with E-state index in [9.17, 15) is 13.2 Å². The third kappa shape index (κ3) is 4.83. The smallest absolute Gasteiger partial charge is 0.264 e. The summed E-state index contributed by atoms with van der Waals surface area (Å²) in [5, 5.41) is 3.37. The minimum atomic E-state index is -3.90. The molecule has 1 aliphatic carbocycles. The molecule has 1 atom stereocenters. The number of fused-ring (bicyclic) bond motifs is 1. The highest BCUT2D eigenvalue weighted by molar-refractivity contribution is 7.92. The van der Waals surface area contributed by atoms with Crippen LogP contribution in [0.15, 0.2) is 47.4 Å². The van der Waals surface area contributed by atoms with E-state index in [1.54, 1.807) is 42.5 Å². The molecule has 1 fully saturated rings. The number of ether oxygens (including phenoxy) is 1. The molecule has 0 saturated heterocycles. The first-order chi connectivity index (χ1) is 14.8. The van der Waals surface area contributed by atoms with Crippen molar-refractivity contribution in [2.24, 2.45) is 5.92 Å². The molecule has 166 valence electrons. The van der Waals surface area contributed by atoms with Crippen LogP contribution in [0.5, 0.6) is 5.75 Å². The number of carbonyl (C=O) groups excluding carboxylic acids is 1. The topological polar surface area (TPSA) is 75.7 Å². The summed E-state index contributed by atoms with van der Waals surface area (Å²) in [4.78, 5) is 13.0. The Morgan fingerprint density at radius 2 is 1.84 bits per heavy atom. The highest BCUT2D eigenvalue weighted by Gasteiger charge is 2.37. The number of rotatable bonds is 5. The van der Waals surface area contributed by atoms with Crippen molar-refractivity contribution in [1.29, 1.82) is 0 Å². The van der Waals surface area contributed by atoms with E-state index in [0.29, 0.717) is 28.9 Å². The summed E-state index contributed by atoms with van der Waals surface area (Å²) in [5.41, 5.74) is 1.30. The quantitative estimate of drug-likeness (QED) is 0.718. The standard InChI is InChI=1S/C23H27ClN2O4S/c1-16-7-10-19(11-8-16)31(28,29)26-15-22(30-21-12-9-18(24)13-20(21)26)23(27)25-14-17-5-3-2-4-6-17/h7-13,17,22H,2-6,14-15H2,1H3,(H,25,27). The Morgan fingerprint density at radius 3 is 2.55 bits per heavy atom.